The van der Waals surface area contributed by atoms with Crippen molar-refractivity contribution in [3.8, 4) is 11.4 Å². The van der Waals surface area contributed by atoms with Crippen LogP contribution in [-0.2, 0) is 11.2 Å². The summed E-state index contributed by atoms with van der Waals surface area (Å²) in [5.74, 6) is 0.716. The van der Waals surface area contributed by atoms with Gasteiger partial charge < -0.3 is 5.32 Å². The lowest BCUT2D eigenvalue weighted by Crippen LogP contribution is -2.37. The molecule has 1 aromatic heterocycles. The third kappa shape index (κ3) is 5.69. The van der Waals surface area contributed by atoms with Crippen LogP contribution in [0, 0.1) is 0 Å². The van der Waals surface area contributed by atoms with Gasteiger partial charge in [0, 0.05) is 11.6 Å². The molecule has 0 saturated heterocycles. The highest BCUT2D eigenvalue weighted by molar-refractivity contribution is 8.00. The van der Waals surface area contributed by atoms with Crippen LogP contribution in [0.4, 0.5) is 0 Å². The van der Waals surface area contributed by atoms with Crippen molar-refractivity contribution in [2.75, 3.05) is 0 Å². The van der Waals surface area contributed by atoms with Crippen LogP contribution in [0.5, 0.6) is 0 Å². The maximum atomic E-state index is 12.4. The number of amides is 1. The molecule has 0 aliphatic rings. The molecular weight excluding hydrogens is 356 g/mol. The highest BCUT2D eigenvalue weighted by Crippen LogP contribution is 2.22. The molecule has 3 aromatic rings. The molecule has 2 aromatic carbocycles. The monoisotopic (exact) mass is 380 g/mol. The lowest BCUT2D eigenvalue weighted by atomic mass is 10.1. The van der Waals surface area contributed by atoms with Crippen LogP contribution in [0.1, 0.15) is 25.8 Å². The summed E-state index contributed by atoms with van der Waals surface area (Å²) in [6.07, 6.45) is 1.86. The van der Waals surface area contributed by atoms with Crippen molar-refractivity contribution >= 4 is 17.7 Å². The van der Waals surface area contributed by atoms with E-state index >= 15 is 0 Å². The molecule has 0 aliphatic heterocycles. The molecule has 0 bridgehead atoms. The van der Waals surface area contributed by atoms with E-state index in [-0.39, 0.29) is 17.2 Å². The molecule has 6 heteroatoms. The van der Waals surface area contributed by atoms with Crippen LogP contribution < -0.4 is 5.32 Å². The largest absolute Gasteiger partial charge is 0.353 e. The number of nitrogens with one attached hydrogen (secondary N) is 2. The number of carbonyl (C=O) groups excluding carboxylic acids is 1. The van der Waals surface area contributed by atoms with Crippen LogP contribution in [0.2, 0.25) is 0 Å². The zero-order valence-electron chi connectivity index (χ0n) is 15.6. The molecule has 3 rings (SSSR count). The van der Waals surface area contributed by atoms with Gasteiger partial charge in [0.05, 0.1) is 5.25 Å². The molecule has 140 valence electrons. The summed E-state index contributed by atoms with van der Waals surface area (Å²) < 4.78 is 0. The third-order valence-electron chi connectivity index (χ3n) is 4.26. The first-order valence-corrected chi connectivity index (χ1v) is 9.98. The van der Waals surface area contributed by atoms with E-state index in [2.05, 4.69) is 32.6 Å². The van der Waals surface area contributed by atoms with E-state index in [0.29, 0.717) is 11.0 Å². The molecule has 0 radical (unpaired) electrons. The maximum absolute atomic E-state index is 12.4. The van der Waals surface area contributed by atoms with Crippen molar-refractivity contribution < 1.29 is 4.79 Å². The molecule has 0 aliphatic carbocycles. The fraction of sp³-hybridized carbons (Fsp3) is 0.286. The van der Waals surface area contributed by atoms with Gasteiger partial charge in [-0.2, -0.15) is 0 Å². The molecule has 0 unspecified atom stereocenters. The number of benzene rings is 2. The minimum Gasteiger partial charge on any atom is -0.353 e. The summed E-state index contributed by atoms with van der Waals surface area (Å²) in [4.78, 5) is 16.9. The van der Waals surface area contributed by atoms with Gasteiger partial charge in [-0.15, -0.1) is 5.10 Å². The van der Waals surface area contributed by atoms with E-state index in [9.17, 15) is 4.79 Å². The van der Waals surface area contributed by atoms with E-state index in [1.54, 1.807) is 0 Å². The number of hydrogen-bond donors (Lipinski definition) is 2. The number of aryl methyl sites for hydroxylation is 1. The lowest BCUT2D eigenvalue weighted by Gasteiger charge is -2.16. The van der Waals surface area contributed by atoms with Crippen molar-refractivity contribution in [1.82, 2.24) is 20.5 Å². The van der Waals surface area contributed by atoms with Crippen LogP contribution in [0.15, 0.2) is 65.8 Å². The Labute approximate surface area is 164 Å². The first-order chi connectivity index (χ1) is 13.1. The normalized spacial score (nSPS) is 13.1. The predicted molar refractivity (Wildman–Crippen MR) is 110 cm³/mol. The van der Waals surface area contributed by atoms with Crippen molar-refractivity contribution in [3.05, 3.63) is 66.2 Å². The number of carbonyl (C=O) groups is 1. The lowest BCUT2D eigenvalue weighted by molar-refractivity contribution is -0.120. The van der Waals surface area contributed by atoms with Crippen LogP contribution in [0.25, 0.3) is 11.4 Å². The number of thioether (sulfide) groups is 1. The van der Waals surface area contributed by atoms with E-state index in [1.165, 1.54) is 17.3 Å². The smallest absolute Gasteiger partial charge is 0.233 e. The van der Waals surface area contributed by atoms with E-state index < -0.39 is 0 Å². The maximum Gasteiger partial charge on any atom is 0.233 e. The molecule has 0 spiro atoms. The second-order valence-corrected chi connectivity index (χ2v) is 7.83. The first kappa shape index (κ1) is 19.2. The Morgan fingerprint density at radius 3 is 2.44 bits per heavy atom. The number of aromatic amines is 1. The van der Waals surface area contributed by atoms with Gasteiger partial charge in [0.15, 0.2) is 5.82 Å². The molecule has 0 fully saturated rings. The Morgan fingerprint density at radius 2 is 1.74 bits per heavy atom. The third-order valence-corrected chi connectivity index (χ3v) is 5.22. The van der Waals surface area contributed by atoms with Crippen LogP contribution in [0.3, 0.4) is 0 Å². The van der Waals surface area contributed by atoms with Gasteiger partial charge >= 0.3 is 0 Å². The first-order valence-electron chi connectivity index (χ1n) is 9.10. The van der Waals surface area contributed by atoms with Gasteiger partial charge in [0.25, 0.3) is 0 Å². The summed E-state index contributed by atoms with van der Waals surface area (Å²) in [5.41, 5.74) is 2.26. The highest BCUT2D eigenvalue weighted by atomic mass is 32.2. The molecule has 2 N–H and O–H groups in total. The van der Waals surface area contributed by atoms with Gasteiger partial charge in [-0.25, -0.2) is 4.98 Å². The summed E-state index contributed by atoms with van der Waals surface area (Å²) in [7, 11) is 0. The predicted octanol–water partition coefficient (Wildman–Crippen LogP) is 4.09. The molecule has 0 saturated carbocycles. The molecular formula is C21H24N4OS. The van der Waals surface area contributed by atoms with Crippen molar-refractivity contribution in [2.24, 2.45) is 0 Å². The zero-order chi connectivity index (χ0) is 19.1. The minimum atomic E-state index is -0.261. The standard InChI is InChI=1S/C21H24N4OS/c1-15(13-14-17-9-5-3-6-10-17)22-20(26)16(2)27-21-23-19(24-25-21)18-11-7-4-8-12-18/h3-12,15-16H,13-14H2,1-2H3,(H,22,26)(H,23,24,25)/t15-,16-/m0/s1. The highest BCUT2D eigenvalue weighted by Gasteiger charge is 2.19. The number of H-pyrrole nitrogens is 1. The minimum absolute atomic E-state index is 0.00613. The topological polar surface area (TPSA) is 70.7 Å². The van der Waals surface area contributed by atoms with Gasteiger partial charge in [-0.3, -0.25) is 9.89 Å². The Balaban J connectivity index is 1.48. The Kier molecular flexibility index (Phi) is 6.65. The van der Waals surface area contributed by atoms with Crippen LogP contribution in [-0.4, -0.2) is 32.4 Å². The fourth-order valence-corrected chi connectivity index (χ4v) is 3.43. The fourth-order valence-electron chi connectivity index (χ4n) is 2.70. The van der Waals surface area contributed by atoms with Crippen LogP contribution >= 0.6 is 11.8 Å². The summed E-state index contributed by atoms with van der Waals surface area (Å²) in [6.45, 7) is 3.92. The SMILES string of the molecule is C[C@H](Sc1n[nH]c(-c2ccccc2)n1)C(=O)N[C@@H](C)CCc1ccccc1. The molecule has 2 atom stereocenters. The van der Waals surface area contributed by atoms with Gasteiger partial charge in [-0.1, -0.05) is 72.4 Å². The number of hydrogen-bond acceptors (Lipinski definition) is 4. The van der Waals surface area contributed by atoms with Crippen molar-refractivity contribution in [1.29, 1.82) is 0 Å². The van der Waals surface area contributed by atoms with Crippen molar-refractivity contribution in [3.63, 3.8) is 0 Å². The number of nitrogens with zero attached hydrogens (tertiary/aromatic N) is 2. The van der Waals surface area contributed by atoms with Gasteiger partial charge in [0.2, 0.25) is 11.1 Å². The Morgan fingerprint density at radius 1 is 1.07 bits per heavy atom. The molecule has 5 nitrogen and oxygen atoms in total. The molecule has 1 amide bonds. The summed E-state index contributed by atoms with van der Waals surface area (Å²) in [6, 6.07) is 20.2. The second-order valence-electron chi connectivity index (χ2n) is 6.53. The molecule has 1 heterocycles. The average Bonchev–Trinajstić information content (AvgIpc) is 3.16. The van der Waals surface area contributed by atoms with E-state index in [4.69, 9.17) is 0 Å². The van der Waals surface area contributed by atoms with Gasteiger partial charge in [0.1, 0.15) is 0 Å². The van der Waals surface area contributed by atoms with E-state index in [0.717, 1.165) is 18.4 Å². The second kappa shape index (κ2) is 9.37. The van der Waals surface area contributed by atoms with Gasteiger partial charge in [-0.05, 0) is 32.3 Å². The van der Waals surface area contributed by atoms with Crippen molar-refractivity contribution in [2.45, 2.75) is 43.1 Å². The molecule has 27 heavy (non-hydrogen) atoms. The quantitative estimate of drug-likeness (QED) is 0.578. The number of aromatic nitrogens is 3. The number of rotatable bonds is 8. The Hall–Kier alpha value is -2.60. The summed E-state index contributed by atoms with van der Waals surface area (Å²) in [5, 5.41) is 10.5. The average molecular weight is 381 g/mol. The van der Waals surface area contributed by atoms with E-state index in [1.807, 2.05) is 62.4 Å². The zero-order valence-corrected chi connectivity index (χ0v) is 16.4. The Bertz CT molecular complexity index is 851. The summed E-state index contributed by atoms with van der Waals surface area (Å²) >= 11 is 1.36.